The molecule has 12 rings (SSSR count). The second-order valence-corrected chi connectivity index (χ2v) is 16.2. The lowest BCUT2D eigenvalue weighted by Gasteiger charge is -2.39. The van der Waals surface area contributed by atoms with Gasteiger partial charge in [0, 0.05) is 42.6 Å². The molecule has 0 radical (unpaired) electrons. The number of fused-ring (bicyclic) bond motifs is 12. The third-order valence-electron chi connectivity index (χ3n) is 12.0. The molecule has 8 aromatic carbocycles. The van der Waals surface area contributed by atoms with Crippen LogP contribution in [0.4, 0.5) is 0 Å². The third kappa shape index (κ3) is 4.87. The Morgan fingerprint density at radius 2 is 1.09 bits per heavy atom. The van der Waals surface area contributed by atoms with Gasteiger partial charge in [-0.15, -0.1) is 11.3 Å². The molecule has 0 fully saturated rings. The Morgan fingerprint density at radius 3 is 1.89 bits per heavy atom. The van der Waals surface area contributed by atoms with Crippen molar-refractivity contribution in [2.24, 2.45) is 4.99 Å². The fourth-order valence-electron chi connectivity index (χ4n) is 9.42. The molecule has 1 N–H and O–H groups in total. The molecule has 2 aliphatic heterocycles. The Hall–Kier alpha value is -7.01. The third-order valence-corrected chi connectivity index (χ3v) is 13.1. The van der Waals surface area contributed by atoms with Gasteiger partial charge in [0.1, 0.15) is 17.7 Å². The van der Waals surface area contributed by atoms with Crippen molar-refractivity contribution >= 4 is 42.9 Å². The monoisotopic (exact) mass is 746 g/mol. The standard InChI is InChI=1S/C53H34N2OS/c1-2-12-35(13-3-1)52-54-46(32-47(55-52)37-26-28-41-40-16-6-11-21-50(40)57-51(41)31-37)34-24-22-33(23-25-34)36-27-29-49-45(30-36)53(44-19-9-10-20-48(44)56-49)42-17-7-4-14-38(42)39-15-5-8-18-43(39)53/h1-32,52,54H. The van der Waals surface area contributed by atoms with Crippen molar-refractivity contribution in [1.82, 2.24) is 5.32 Å². The summed E-state index contributed by atoms with van der Waals surface area (Å²) in [5.41, 5.74) is 14.7. The van der Waals surface area contributed by atoms with Gasteiger partial charge < -0.3 is 10.1 Å². The highest BCUT2D eigenvalue weighted by Crippen LogP contribution is 2.62. The largest absolute Gasteiger partial charge is 0.457 e. The van der Waals surface area contributed by atoms with Crippen molar-refractivity contribution in [3.05, 3.63) is 233 Å². The number of aliphatic imine (C=N–C) groups is 1. The van der Waals surface area contributed by atoms with Crippen LogP contribution in [-0.4, -0.2) is 5.71 Å². The summed E-state index contributed by atoms with van der Waals surface area (Å²) in [7, 11) is 0. The number of hydrogen-bond acceptors (Lipinski definition) is 4. The van der Waals surface area contributed by atoms with Gasteiger partial charge in [0.05, 0.1) is 11.1 Å². The van der Waals surface area contributed by atoms with Crippen LogP contribution in [0.5, 0.6) is 11.5 Å². The van der Waals surface area contributed by atoms with Crippen LogP contribution in [0.2, 0.25) is 0 Å². The van der Waals surface area contributed by atoms with Crippen LogP contribution in [0.15, 0.2) is 199 Å². The minimum Gasteiger partial charge on any atom is -0.457 e. The summed E-state index contributed by atoms with van der Waals surface area (Å²) in [6.45, 7) is 0. The van der Waals surface area contributed by atoms with Crippen LogP contribution in [0.1, 0.15) is 45.1 Å². The first kappa shape index (κ1) is 32.3. The molecule has 1 spiro atoms. The first-order valence-corrected chi connectivity index (χ1v) is 20.3. The number of nitrogens with one attached hydrogen (secondary N) is 1. The van der Waals surface area contributed by atoms with Crippen LogP contribution in [0, 0.1) is 0 Å². The van der Waals surface area contributed by atoms with Crippen LogP contribution < -0.4 is 10.1 Å². The molecule has 1 atom stereocenters. The molecule has 268 valence electrons. The average Bonchev–Trinajstić information content (AvgIpc) is 3.80. The predicted molar refractivity (Wildman–Crippen MR) is 235 cm³/mol. The number of nitrogens with zero attached hydrogens (tertiary/aromatic N) is 1. The van der Waals surface area contributed by atoms with E-state index in [1.54, 1.807) is 0 Å². The summed E-state index contributed by atoms with van der Waals surface area (Å²) in [6, 6.07) is 67.9. The van der Waals surface area contributed by atoms with Gasteiger partial charge in [-0.25, -0.2) is 0 Å². The highest BCUT2D eigenvalue weighted by atomic mass is 32.1. The average molecular weight is 747 g/mol. The van der Waals surface area contributed by atoms with E-state index >= 15 is 0 Å². The minimum atomic E-state index is -0.495. The van der Waals surface area contributed by atoms with Gasteiger partial charge in [-0.2, -0.15) is 0 Å². The Bertz CT molecular complexity index is 3090. The van der Waals surface area contributed by atoms with E-state index in [-0.39, 0.29) is 6.17 Å². The second-order valence-electron chi connectivity index (χ2n) is 15.1. The minimum absolute atomic E-state index is 0.212. The van der Waals surface area contributed by atoms with Gasteiger partial charge in [-0.3, -0.25) is 4.99 Å². The van der Waals surface area contributed by atoms with Gasteiger partial charge in [-0.1, -0.05) is 158 Å². The summed E-state index contributed by atoms with van der Waals surface area (Å²) in [5, 5.41) is 6.36. The van der Waals surface area contributed by atoms with E-state index in [1.165, 1.54) is 53.6 Å². The summed E-state index contributed by atoms with van der Waals surface area (Å²) < 4.78 is 9.27. The lowest BCUT2D eigenvalue weighted by molar-refractivity contribution is 0.436. The number of benzene rings is 8. The zero-order valence-corrected chi connectivity index (χ0v) is 31.6. The fourth-order valence-corrected chi connectivity index (χ4v) is 10.6. The normalized spacial score (nSPS) is 15.8. The number of allylic oxidation sites excluding steroid dienone is 1. The quantitative estimate of drug-likeness (QED) is 0.195. The molecular weight excluding hydrogens is 713 g/mol. The first-order chi connectivity index (χ1) is 28.2. The number of rotatable bonds is 4. The van der Waals surface area contributed by atoms with Crippen molar-refractivity contribution in [2.75, 3.05) is 0 Å². The SMILES string of the molecule is C1=C(c2ccc(-c3ccc4c(c3)C3(c5ccccc5O4)c4ccccc4-c4ccccc43)cc2)NC(c2ccccc2)N=C1c1ccc2c(c1)sc1ccccc12. The van der Waals surface area contributed by atoms with Crippen LogP contribution in [0.3, 0.4) is 0 Å². The van der Waals surface area contributed by atoms with E-state index in [2.05, 4.69) is 199 Å². The van der Waals surface area contributed by atoms with E-state index < -0.39 is 5.41 Å². The molecular formula is C53H34N2OS. The van der Waals surface area contributed by atoms with E-state index in [4.69, 9.17) is 9.73 Å². The molecule has 9 aromatic rings. The summed E-state index contributed by atoms with van der Waals surface area (Å²) in [5.74, 6) is 1.80. The molecule has 57 heavy (non-hydrogen) atoms. The van der Waals surface area contributed by atoms with E-state index in [1.807, 2.05) is 11.3 Å². The molecule has 3 heterocycles. The highest BCUT2D eigenvalue weighted by molar-refractivity contribution is 7.25. The van der Waals surface area contributed by atoms with Crippen LogP contribution >= 0.6 is 11.3 Å². The molecule has 3 nitrogen and oxygen atoms in total. The van der Waals surface area contributed by atoms with Crippen LogP contribution in [-0.2, 0) is 5.41 Å². The Kier molecular flexibility index (Phi) is 7.08. The maximum atomic E-state index is 6.69. The topological polar surface area (TPSA) is 33.6 Å². The Labute approximate surface area is 334 Å². The van der Waals surface area contributed by atoms with Crippen molar-refractivity contribution < 1.29 is 4.74 Å². The van der Waals surface area contributed by atoms with E-state index in [9.17, 15) is 0 Å². The van der Waals surface area contributed by atoms with Crippen molar-refractivity contribution in [3.8, 4) is 33.8 Å². The molecule has 3 aliphatic rings. The Morgan fingerprint density at radius 1 is 0.474 bits per heavy atom. The summed E-state index contributed by atoms with van der Waals surface area (Å²) in [6.07, 6.45) is 1.99. The lowest BCUT2D eigenvalue weighted by Crippen LogP contribution is -2.32. The van der Waals surface area contributed by atoms with Gasteiger partial charge in [0.2, 0.25) is 0 Å². The fraction of sp³-hybridized carbons (Fsp3) is 0.0377. The summed E-state index contributed by atoms with van der Waals surface area (Å²) >= 11 is 1.84. The van der Waals surface area contributed by atoms with Gasteiger partial charge >= 0.3 is 0 Å². The molecule has 0 bridgehead atoms. The Balaban J connectivity index is 0.951. The molecule has 1 aromatic heterocycles. The molecule has 0 amide bonds. The van der Waals surface area contributed by atoms with E-state index in [0.29, 0.717) is 0 Å². The smallest absolute Gasteiger partial charge is 0.145 e. The first-order valence-electron chi connectivity index (χ1n) is 19.5. The van der Waals surface area contributed by atoms with Gasteiger partial charge in [0.15, 0.2) is 0 Å². The number of thiophene rings is 1. The maximum absolute atomic E-state index is 6.69. The number of ether oxygens (including phenoxy) is 1. The molecule has 1 aliphatic carbocycles. The lowest BCUT2D eigenvalue weighted by atomic mass is 9.66. The zero-order chi connectivity index (χ0) is 37.5. The predicted octanol–water partition coefficient (Wildman–Crippen LogP) is 13.3. The molecule has 4 heteroatoms. The zero-order valence-electron chi connectivity index (χ0n) is 30.8. The summed E-state index contributed by atoms with van der Waals surface area (Å²) in [4.78, 5) is 5.27. The van der Waals surface area contributed by atoms with Crippen molar-refractivity contribution in [1.29, 1.82) is 0 Å². The van der Waals surface area contributed by atoms with Crippen LogP contribution in [0.25, 0.3) is 48.1 Å². The van der Waals surface area contributed by atoms with E-state index in [0.717, 1.165) is 50.7 Å². The maximum Gasteiger partial charge on any atom is 0.145 e. The van der Waals surface area contributed by atoms with Crippen molar-refractivity contribution in [3.63, 3.8) is 0 Å². The van der Waals surface area contributed by atoms with Gasteiger partial charge in [-0.05, 0) is 80.9 Å². The second kappa shape index (κ2) is 12.5. The molecule has 0 saturated heterocycles. The number of hydrogen-bond donors (Lipinski definition) is 1. The molecule has 1 unspecified atom stereocenters. The van der Waals surface area contributed by atoms with Gasteiger partial charge in [0.25, 0.3) is 0 Å². The molecule has 0 saturated carbocycles. The van der Waals surface area contributed by atoms with Crippen molar-refractivity contribution in [2.45, 2.75) is 11.6 Å². The highest BCUT2D eigenvalue weighted by Gasteiger charge is 2.51. The number of para-hydroxylation sites is 1.